The lowest BCUT2D eigenvalue weighted by atomic mass is 9.67. The lowest BCUT2D eigenvalue weighted by Gasteiger charge is -2.37. The molecule has 1 rings (SSSR count). The Bertz CT molecular complexity index is 247. The molecular formula is C13H20. The zero-order valence-corrected chi connectivity index (χ0v) is 9.11. The molecule has 0 N–H and O–H groups in total. The third-order valence-electron chi connectivity index (χ3n) is 2.93. The van der Waals surface area contributed by atoms with Crippen molar-refractivity contribution in [3.63, 3.8) is 0 Å². The molecule has 0 heterocycles. The summed E-state index contributed by atoms with van der Waals surface area (Å²) in [4.78, 5) is 0. The summed E-state index contributed by atoms with van der Waals surface area (Å²) in [6.45, 7) is 10.9. The van der Waals surface area contributed by atoms with Crippen molar-refractivity contribution in [1.82, 2.24) is 0 Å². The topological polar surface area (TPSA) is 0 Å². The van der Waals surface area contributed by atoms with Crippen molar-refractivity contribution in [2.24, 2.45) is 11.3 Å². The van der Waals surface area contributed by atoms with E-state index in [9.17, 15) is 0 Å². The van der Waals surface area contributed by atoms with E-state index in [2.05, 4.69) is 39.2 Å². The summed E-state index contributed by atoms with van der Waals surface area (Å²) in [5.41, 5.74) is 1.69. The third kappa shape index (κ3) is 2.37. The first-order valence-electron chi connectivity index (χ1n) is 5.24. The second-order valence-electron chi connectivity index (χ2n) is 4.61. The maximum atomic E-state index is 4.14. The van der Waals surface area contributed by atoms with Crippen LogP contribution in [0.4, 0.5) is 0 Å². The van der Waals surface area contributed by atoms with Crippen LogP contribution in [-0.2, 0) is 0 Å². The molecule has 1 aliphatic rings. The molecular weight excluding hydrogens is 156 g/mol. The first-order valence-corrected chi connectivity index (χ1v) is 5.24. The summed E-state index contributed by atoms with van der Waals surface area (Å²) < 4.78 is 0. The van der Waals surface area contributed by atoms with Crippen molar-refractivity contribution < 1.29 is 0 Å². The summed E-state index contributed by atoms with van der Waals surface area (Å²) in [6.07, 6.45) is 4.71. The summed E-state index contributed by atoms with van der Waals surface area (Å²) >= 11 is 0. The number of rotatable bonds is 0. The molecule has 0 bridgehead atoms. The van der Waals surface area contributed by atoms with Gasteiger partial charge in [0.25, 0.3) is 0 Å². The molecule has 0 spiro atoms. The van der Waals surface area contributed by atoms with Crippen LogP contribution >= 0.6 is 0 Å². The average molecular weight is 176 g/mol. The number of allylic oxidation sites excluding steroid dienone is 1. The summed E-state index contributed by atoms with van der Waals surface area (Å²) in [7, 11) is 0. The number of hydrogen-bond acceptors (Lipinski definition) is 0. The Labute approximate surface area is 82.4 Å². The van der Waals surface area contributed by atoms with Crippen molar-refractivity contribution in [3.8, 4) is 11.8 Å². The van der Waals surface area contributed by atoms with Crippen LogP contribution in [0.5, 0.6) is 0 Å². The second-order valence-corrected chi connectivity index (χ2v) is 4.61. The smallest absolute Gasteiger partial charge is 0.0460 e. The molecule has 13 heavy (non-hydrogen) atoms. The Morgan fingerprint density at radius 2 is 2.23 bits per heavy atom. The van der Waals surface area contributed by atoms with Gasteiger partial charge in [-0.3, -0.25) is 0 Å². The fourth-order valence-electron chi connectivity index (χ4n) is 2.11. The second kappa shape index (κ2) is 4.01. The predicted molar refractivity (Wildman–Crippen MR) is 58.3 cm³/mol. The molecule has 0 aromatic heterocycles. The van der Waals surface area contributed by atoms with Crippen molar-refractivity contribution in [2.45, 2.75) is 46.5 Å². The van der Waals surface area contributed by atoms with Crippen molar-refractivity contribution >= 4 is 0 Å². The quantitative estimate of drug-likeness (QED) is 0.389. The third-order valence-corrected chi connectivity index (χ3v) is 2.93. The Balaban J connectivity index is 2.81. The molecule has 1 atom stereocenters. The van der Waals surface area contributed by atoms with E-state index in [0.717, 1.165) is 6.42 Å². The Morgan fingerprint density at radius 3 is 2.77 bits per heavy atom. The van der Waals surface area contributed by atoms with Gasteiger partial charge in [-0.2, -0.15) is 0 Å². The van der Waals surface area contributed by atoms with Gasteiger partial charge in [-0.15, -0.1) is 5.92 Å². The normalized spacial score (nSPS) is 26.4. The van der Waals surface area contributed by atoms with E-state index in [1.165, 1.54) is 24.8 Å². The molecule has 0 aromatic carbocycles. The van der Waals surface area contributed by atoms with Gasteiger partial charge < -0.3 is 0 Å². The van der Waals surface area contributed by atoms with Crippen LogP contribution in [0, 0.1) is 23.2 Å². The minimum atomic E-state index is 0.345. The van der Waals surface area contributed by atoms with Crippen LogP contribution in [0.15, 0.2) is 12.2 Å². The molecule has 0 heteroatoms. The molecule has 0 saturated heterocycles. The van der Waals surface area contributed by atoms with Crippen molar-refractivity contribution in [2.75, 3.05) is 0 Å². The minimum absolute atomic E-state index is 0.345. The van der Waals surface area contributed by atoms with Gasteiger partial charge in [0.05, 0.1) is 0 Å². The van der Waals surface area contributed by atoms with Gasteiger partial charge in [-0.25, -0.2) is 0 Å². The van der Waals surface area contributed by atoms with Crippen molar-refractivity contribution in [3.05, 3.63) is 12.2 Å². The van der Waals surface area contributed by atoms with E-state index in [4.69, 9.17) is 0 Å². The number of hydrogen-bond donors (Lipinski definition) is 0. The van der Waals surface area contributed by atoms with Crippen LogP contribution in [0.1, 0.15) is 46.5 Å². The molecule has 0 nitrogen and oxygen atoms in total. The van der Waals surface area contributed by atoms with E-state index in [1.807, 2.05) is 0 Å². The average Bonchev–Trinajstić information content (AvgIpc) is 2.02. The van der Waals surface area contributed by atoms with E-state index in [-0.39, 0.29) is 0 Å². The Kier molecular flexibility index (Phi) is 3.20. The molecule has 1 fully saturated rings. The molecule has 0 aliphatic heterocycles. The lowest BCUT2D eigenvalue weighted by Crippen LogP contribution is -2.28. The van der Waals surface area contributed by atoms with Crippen LogP contribution in [0.3, 0.4) is 0 Å². The molecule has 0 unspecified atom stereocenters. The van der Waals surface area contributed by atoms with Crippen LogP contribution in [0.2, 0.25) is 0 Å². The van der Waals surface area contributed by atoms with Gasteiger partial charge in [0.1, 0.15) is 0 Å². The maximum Gasteiger partial charge on any atom is 0.0460 e. The van der Waals surface area contributed by atoms with E-state index < -0.39 is 0 Å². The molecule has 1 aliphatic carbocycles. The first-order chi connectivity index (χ1) is 6.08. The maximum absolute atomic E-state index is 4.14. The Hall–Kier alpha value is -0.700. The molecule has 72 valence electrons. The first kappa shape index (κ1) is 10.4. The largest absolute Gasteiger partial charge is 0.103 e. The zero-order chi connectivity index (χ0) is 9.90. The monoisotopic (exact) mass is 176 g/mol. The van der Waals surface area contributed by atoms with Gasteiger partial charge in [0, 0.05) is 12.3 Å². The zero-order valence-electron chi connectivity index (χ0n) is 9.11. The summed E-state index contributed by atoms with van der Waals surface area (Å²) in [5.74, 6) is 6.99. The molecule has 0 amide bonds. The minimum Gasteiger partial charge on any atom is -0.103 e. The highest BCUT2D eigenvalue weighted by atomic mass is 14.4. The summed E-state index contributed by atoms with van der Waals surface area (Å²) in [5, 5.41) is 0. The van der Waals surface area contributed by atoms with E-state index in [1.54, 1.807) is 0 Å². The highest BCUT2D eigenvalue weighted by molar-refractivity contribution is 5.22. The van der Waals surface area contributed by atoms with Gasteiger partial charge in [0.2, 0.25) is 0 Å². The van der Waals surface area contributed by atoms with Crippen molar-refractivity contribution in [1.29, 1.82) is 0 Å². The van der Waals surface area contributed by atoms with E-state index >= 15 is 0 Å². The van der Waals surface area contributed by atoms with E-state index in [0.29, 0.717) is 11.3 Å². The van der Waals surface area contributed by atoms with Crippen LogP contribution < -0.4 is 0 Å². The highest BCUT2D eigenvalue weighted by Crippen LogP contribution is 2.42. The van der Waals surface area contributed by atoms with Gasteiger partial charge in [-0.05, 0) is 24.7 Å². The summed E-state index contributed by atoms with van der Waals surface area (Å²) in [6, 6.07) is 0. The Morgan fingerprint density at radius 1 is 1.54 bits per heavy atom. The lowest BCUT2D eigenvalue weighted by molar-refractivity contribution is 0.235. The van der Waals surface area contributed by atoms with Crippen LogP contribution in [-0.4, -0.2) is 0 Å². The fraction of sp³-hybridized carbons (Fsp3) is 0.692. The van der Waals surface area contributed by atoms with Gasteiger partial charge in [0.15, 0.2) is 0 Å². The molecule has 0 radical (unpaired) electrons. The standard InChI is InChI=1S/C13H20/c1-5-6-9-12-11(2)8-7-10-13(12,3)4/h12H,2,5,7-8,10H2,1,3-4H3/t12-/m0/s1. The fourth-order valence-corrected chi connectivity index (χ4v) is 2.11. The predicted octanol–water partition coefficient (Wildman–Crippen LogP) is 3.78. The van der Waals surface area contributed by atoms with Crippen LogP contribution in [0.25, 0.3) is 0 Å². The highest BCUT2D eigenvalue weighted by Gasteiger charge is 2.33. The van der Waals surface area contributed by atoms with Gasteiger partial charge >= 0.3 is 0 Å². The van der Waals surface area contributed by atoms with Gasteiger partial charge in [-0.1, -0.05) is 38.8 Å². The molecule has 1 saturated carbocycles. The SMILES string of the molecule is C=C1CCCC(C)(C)[C@H]1C#CCC. The molecule has 0 aromatic rings.